The normalized spacial score (nSPS) is 11.3. The zero-order chi connectivity index (χ0) is 21.9. The molecule has 0 saturated carbocycles. The number of fused-ring (bicyclic) bond motifs is 1. The van der Waals surface area contributed by atoms with Crippen molar-refractivity contribution < 1.29 is 14.6 Å². The number of aliphatic hydroxyl groups is 1. The molecule has 30 heavy (non-hydrogen) atoms. The van der Waals surface area contributed by atoms with E-state index >= 15 is 0 Å². The Bertz CT molecular complexity index is 1130. The number of nitrogens with zero attached hydrogens (tertiary/aromatic N) is 2. The van der Waals surface area contributed by atoms with Gasteiger partial charge in [-0.3, -0.25) is 4.79 Å². The van der Waals surface area contributed by atoms with Gasteiger partial charge >= 0.3 is 0 Å². The van der Waals surface area contributed by atoms with Gasteiger partial charge in [-0.15, -0.1) is 0 Å². The number of carbonyl (C=O) groups is 1. The Hall–Kier alpha value is -3.01. The van der Waals surface area contributed by atoms with Gasteiger partial charge in [-0.05, 0) is 42.5 Å². The molecule has 7 heteroatoms. The number of hydrogen-bond acceptors (Lipinski definition) is 4. The molecule has 0 atom stereocenters. The van der Waals surface area contributed by atoms with E-state index < -0.39 is 5.41 Å². The van der Waals surface area contributed by atoms with Crippen molar-refractivity contribution in [3.63, 3.8) is 0 Å². The molecule has 0 aliphatic rings. The third-order valence-corrected chi connectivity index (χ3v) is 5.22. The van der Waals surface area contributed by atoms with Crippen LogP contribution in [0.5, 0.6) is 5.75 Å². The topological polar surface area (TPSA) is 87.3 Å². The molecule has 3 aromatic rings. The fourth-order valence-electron chi connectivity index (χ4n) is 3.21. The van der Waals surface area contributed by atoms with E-state index in [0.717, 1.165) is 16.5 Å². The second-order valence-corrected chi connectivity index (χ2v) is 8.40. The van der Waals surface area contributed by atoms with Gasteiger partial charge in [0.05, 0.1) is 25.3 Å². The van der Waals surface area contributed by atoms with Gasteiger partial charge in [0.15, 0.2) is 0 Å². The molecule has 1 aromatic heterocycles. The number of carbonyl (C=O) groups excluding carboxylic acids is 1. The van der Waals surface area contributed by atoms with Gasteiger partial charge in [-0.1, -0.05) is 25.4 Å². The van der Waals surface area contributed by atoms with Crippen LogP contribution in [0.15, 0.2) is 42.5 Å². The Morgan fingerprint density at radius 3 is 2.70 bits per heavy atom. The van der Waals surface area contributed by atoms with E-state index in [1.807, 2.05) is 30.5 Å². The summed E-state index contributed by atoms with van der Waals surface area (Å²) in [5.41, 5.74) is 2.19. The molecule has 1 heterocycles. The Labute approximate surface area is 180 Å². The molecule has 3 rings (SSSR count). The lowest BCUT2D eigenvalue weighted by Crippen LogP contribution is -2.36. The summed E-state index contributed by atoms with van der Waals surface area (Å²) in [4.78, 5) is 13.0. The zero-order valence-corrected chi connectivity index (χ0v) is 18.0. The van der Waals surface area contributed by atoms with Gasteiger partial charge in [-0.25, -0.2) is 0 Å². The Morgan fingerprint density at radius 1 is 1.27 bits per heavy atom. The van der Waals surface area contributed by atoms with E-state index in [1.165, 1.54) is 0 Å². The summed E-state index contributed by atoms with van der Waals surface area (Å²) in [7, 11) is 1.59. The first-order valence-electron chi connectivity index (χ1n) is 9.53. The molecule has 0 aliphatic heterocycles. The predicted octanol–water partition coefficient (Wildman–Crippen LogP) is 3.97. The monoisotopic (exact) mass is 425 g/mol. The van der Waals surface area contributed by atoms with Crippen LogP contribution in [0, 0.1) is 16.7 Å². The Balaban J connectivity index is 2.07. The van der Waals surface area contributed by atoms with Crippen LogP contribution in [0.3, 0.4) is 0 Å². The summed E-state index contributed by atoms with van der Waals surface area (Å²) in [6.45, 7) is 4.40. The molecular weight excluding hydrogens is 402 g/mol. The molecule has 0 spiro atoms. The average molecular weight is 426 g/mol. The average Bonchev–Trinajstić information content (AvgIpc) is 3.10. The van der Waals surface area contributed by atoms with Crippen LogP contribution >= 0.6 is 11.6 Å². The summed E-state index contributed by atoms with van der Waals surface area (Å²) < 4.78 is 7.34. The minimum Gasteiger partial charge on any atom is -0.496 e. The SMILES string of the molecule is COc1ccc(Cl)cc1Cn1c(C(=O)NCC(C)(C)CO)cc2cc(C#N)ccc21. The van der Waals surface area contributed by atoms with Crippen LogP contribution in [0.1, 0.15) is 35.5 Å². The second kappa shape index (κ2) is 8.78. The standard InChI is InChI=1S/C23H24ClN3O3/c1-23(2,14-28)13-26-22(29)20-10-16-8-15(11-25)4-6-19(16)27(20)12-17-9-18(24)5-7-21(17)30-3/h4-10,28H,12-14H2,1-3H3,(H,26,29). The second-order valence-electron chi connectivity index (χ2n) is 7.96. The van der Waals surface area contributed by atoms with Crippen molar-refractivity contribution in [3.8, 4) is 11.8 Å². The molecule has 2 aromatic carbocycles. The van der Waals surface area contributed by atoms with Gasteiger partial charge in [-0.2, -0.15) is 5.26 Å². The third-order valence-electron chi connectivity index (χ3n) is 4.99. The predicted molar refractivity (Wildman–Crippen MR) is 117 cm³/mol. The van der Waals surface area contributed by atoms with Gasteiger partial charge in [0, 0.05) is 40.1 Å². The number of rotatable bonds is 7. The molecule has 0 radical (unpaired) electrons. The molecule has 0 unspecified atom stereocenters. The van der Waals surface area contributed by atoms with Crippen LogP contribution in [0.2, 0.25) is 5.02 Å². The van der Waals surface area contributed by atoms with E-state index in [1.54, 1.807) is 37.4 Å². The smallest absolute Gasteiger partial charge is 0.267 e. The number of methoxy groups -OCH3 is 1. The van der Waals surface area contributed by atoms with Gasteiger partial charge in [0.25, 0.3) is 5.91 Å². The van der Waals surface area contributed by atoms with Crippen LogP contribution in [0.4, 0.5) is 0 Å². The highest BCUT2D eigenvalue weighted by molar-refractivity contribution is 6.30. The molecule has 0 aliphatic carbocycles. The van der Waals surface area contributed by atoms with Gasteiger partial charge < -0.3 is 19.7 Å². The van der Waals surface area contributed by atoms with Crippen LogP contribution in [-0.4, -0.2) is 35.8 Å². The number of nitrogens with one attached hydrogen (secondary N) is 1. The molecule has 2 N–H and O–H groups in total. The first kappa shape index (κ1) is 21.7. The third kappa shape index (κ3) is 4.59. The number of benzene rings is 2. The van der Waals surface area contributed by atoms with E-state index in [0.29, 0.717) is 35.1 Å². The van der Waals surface area contributed by atoms with Gasteiger partial charge in [0.2, 0.25) is 0 Å². The lowest BCUT2D eigenvalue weighted by molar-refractivity contribution is 0.0902. The Kier molecular flexibility index (Phi) is 6.35. The van der Waals surface area contributed by atoms with Crippen molar-refractivity contribution in [1.29, 1.82) is 5.26 Å². The summed E-state index contributed by atoms with van der Waals surface area (Å²) >= 11 is 6.19. The van der Waals surface area contributed by atoms with E-state index in [2.05, 4.69) is 11.4 Å². The summed E-state index contributed by atoms with van der Waals surface area (Å²) in [5.74, 6) is 0.412. The number of halogens is 1. The van der Waals surface area contributed by atoms with Crippen LogP contribution < -0.4 is 10.1 Å². The maximum Gasteiger partial charge on any atom is 0.267 e. The van der Waals surface area contributed by atoms with E-state index in [-0.39, 0.29) is 12.5 Å². The fourth-order valence-corrected chi connectivity index (χ4v) is 3.40. The highest BCUT2D eigenvalue weighted by atomic mass is 35.5. The minimum absolute atomic E-state index is 0.0402. The number of aromatic nitrogens is 1. The fraction of sp³-hybridized carbons (Fsp3) is 0.304. The quantitative estimate of drug-likeness (QED) is 0.599. The van der Waals surface area contributed by atoms with Crippen molar-refractivity contribution in [2.75, 3.05) is 20.3 Å². The van der Waals surface area contributed by atoms with Crippen molar-refractivity contribution in [2.24, 2.45) is 5.41 Å². The Morgan fingerprint density at radius 2 is 2.03 bits per heavy atom. The van der Waals surface area contributed by atoms with E-state index in [9.17, 15) is 15.2 Å². The lowest BCUT2D eigenvalue weighted by Gasteiger charge is -2.22. The van der Waals surface area contributed by atoms with Gasteiger partial charge in [0.1, 0.15) is 11.4 Å². The van der Waals surface area contributed by atoms with Crippen molar-refractivity contribution >= 4 is 28.4 Å². The van der Waals surface area contributed by atoms with Crippen LogP contribution in [0.25, 0.3) is 10.9 Å². The van der Waals surface area contributed by atoms with Crippen molar-refractivity contribution in [2.45, 2.75) is 20.4 Å². The molecule has 6 nitrogen and oxygen atoms in total. The lowest BCUT2D eigenvalue weighted by atomic mass is 9.95. The number of nitriles is 1. The number of amides is 1. The maximum absolute atomic E-state index is 13.0. The maximum atomic E-state index is 13.0. The number of hydrogen-bond donors (Lipinski definition) is 2. The highest BCUT2D eigenvalue weighted by Crippen LogP contribution is 2.28. The highest BCUT2D eigenvalue weighted by Gasteiger charge is 2.21. The first-order valence-corrected chi connectivity index (χ1v) is 9.90. The van der Waals surface area contributed by atoms with Crippen molar-refractivity contribution in [1.82, 2.24) is 9.88 Å². The van der Waals surface area contributed by atoms with E-state index in [4.69, 9.17) is 16.3 Å². The van der Waals surface area contributed by atoms with Crippen molar-refractivity contribution in [3.05, 3.63) is 64.3 Å². The number of ether oxygens (including phenoxy) is 1. The summed E-state index contributed by atoms with van der Waals surface area (Å²) in [6.07, 6.45) is 0. The molecule has 0 bridgehead atoms. The number of aliphatic hydroxyl groups excluding tert-OH is 1. The molecule has 0 fully saturated rings. The molecular formula is C23H24ClN3O3. The summed E-state index contributed by atoms with van der Waals surface area (Å²) in [5, 5.41) is 23.0. The zero-order valence-electron chi connectivity index (χ0n) is 17.2. The first-order chi connectivity index (χ1) is 14.3. The van der Waals surface area contributed by atoms with Crippen LogP contribution in [-0.2, 0) is 6.54 Å². The largest absolute Gasteiger partial charge is 0.496 e. The molecule has 0 saturated heterocycles. The molecule has 1 amide bonds. The summed E-state index contributed by atoms with van der Waals surface area (Å²) in [6, 6.07) is 14.6. The minimum atomic E-state index is -0.434. The molecule has 156 valence electrons.